The molecule has 0 aliphatic carbocycles. The van der Waals surface area contributed by atoms with E-state index >= 15 is 0 Å². The number of piperidine rings is 1. The van der Waals surface area contributed by atoms with Crippen molar-refractivity contribution in [1.29, 1.82) is 0 Å². The van der Waals surface area contributed by atoms with Crippen molar-refractivity contribution in [2.24, 2.45) is 0 Å². The van der Waals surface area contributed by atoms with Gasteiger partial charge in [-0.1, -0.05) is 19.8 Å². The van der Waals surface area contributed by atoms with Gasteiger partial charge in [0.1, 0.15) is 5.82 Å². The molecule has 1 atom stereocenters. The number of aromatic nitrogens is 2. The summed E-state index contributed by atoms with van der Waals surface area (Å²) in [5, 5.41) is 0. The molecule has 2 aliphatic rings. The molecule has 0 N–H and O–H groups in total. The van der Waals surface area contributed by atoms with Crippen LogP contribution < -0.4 is 0 Å². The van der Waals surface area contributed by atoms with Gasteiger partial charge in [0.2, 0.25) is 11.8 Å². The predicted octanol–water partition coefficient (Wildman–Crippen LogP) is 3.18. The molecule has 0 aromatic carbocycles. The number of amides is 2. The fraction of sp³-hybridized carbons (Fsp3) is 0.762. The van der Waals surface area contributed by atoms with Crippen molar-refractivity contribution >= 4 is 11.8 Å². The molecule has 27 heavy (non-hydrogen) atoms. The van der Waals surface area contributed by atoms with E-state index in [0.717, 1.165) is 70.5 Å². The van der Waals surface area contributed by atoms with Crippen LogP contribution in [0.25, 0.3) is 0 Å². The van der Waals surface area contributed by atoms with Crippen molar-refractivity contribution in [2.45, 2.75) is 77.2 Å². The molecule has 1 unspecified atom stereocenters. The van der Waals surface area contributed by atoms with E-state index in [1.807, 2.05) is 16.0 Å². The molecule has 2 saturated heterocycles. The summed E-state index contributed by atoms with van der Waals surface area (Å²) in [7, 11) is 0. The monoisotopic (exact) mass is 374 g/mol. The fourth-order valence-corrected chi connectivity index (χ4v) is 4.28. The Morgan fingerprint density at radius 2 is 2.07 bits per heavy atom. The average Bonchev–Trinajstić information content (AvgIpc) is 3.07. The second-order valence-corrected chi connectivity index (χ2v) is 7.95. The zero-order chi connectivity index (χ0) is 19.1. The first-order chi connectivity index (χ1) is 13.2. The third kappa shape index (κ3) is 5.33. The molecule has 2 aliphatic heterocycles. The summed E-state index contributed by atoms with van der Waals surface area (Å²) in [6.07, 6.45) is 12.7. The van der Waals surface area contributed by atoms with Crippen LogP contribution in [0.4, 0.5) is 0 Å². The van der Waals surface area contributed by atoms with Crippen LogP contribution in [0.5, 0.6) is 0 Å². The lowest BCUT2D eigenvalue weighted by Gasteiger charge is -2.33. The van der Waals surface area contributed by atoms with E-state index in [9.17, 15) is 9.59 Å². The van der Waals surface area contributed by atoms with Gasteiger partial charge in [-0.2, -0.15) is 0 Å². The van der Waals surface area contributed by atoms with Crippen LogP contribution in [0.1, 0.15) is 76.5 Å². The summed E-state index contributed by atoms with van der Waals surface area (Å²) in [6, 6.07) is 0. The van der Waals surface area contributed by atoms with E-state index in [1.165, 1.54) is 6.42 Å². The van der Waals surface area contributed by atoms with Gasteiger partial charge in [-0.25, -0.2) is 4.98 Å². The highest BCUT2D eigenvalue weighted by Crippen LogP contribution is 2.26. The zero-order valence-electron chi connectivity index (χ0n) is 16.7. The van der Waals surface area contributed by atoms with Crippen LogP contribution in [0.2, 0.25) is 0 Å². The van der Waals surface area contributed by atoms with Crippen LogP contribution in [0, 0.1) is 0 Å². The molecule has 0 bridgehead atoms. The number of likely N-dealkylation sites (tertiary alicyclic amines) is 2. The number of hydrogen-bond donors (Lipinski definition) is 0. The maximum Gasteiger partial charge on any atom is 0.224 e. The largest absolute Gasteiger partial charge is 0.342 e. The van der Waals surface area contributed by atoms with Gasteiger partial charge in [-0.3, -0.25) is 9.59 Å². The second-order valence-electron chi connectivity index (χ2n) is 7.95. The van der Waals surface area contributed by atoms with Crippen LogP contribution in [-0.2, 0) is 16.1 Å². The maximum absolute atomic E-state index is 12.8. The van der Waals surface area contributed by atoms with Gasteiger partial charge < -0.3 is 14.4 Å². The minimum Gasteiger partial charge on any atom is -0.342 e. The van der Waals surface area contributed by atoms with Gasteiger partial charge in [0.15, 0.2) is 0 Å². The minimum atomic E-state index is 0.184. The van der Waals surface area contributed by atoms with Gasteiger partial charge in [0, 0.05) is 63.9 Å². The Balaban J connectivity index is 1.53. The van der Waals surface area contributed by atoms with Crippen molar-refractivity contribution in [3.63, 3.8) is 0 Å². The first-order valence-corrected chi connectivity index (χ1v) is 10.8. The number of aryl methyl sites for hydroxylation is 1. The standard InChI is InChI=1S/C21H34N4O2/c1-2-3-12-24-16-11-22-21(24)18-8-7-14-25(17-18)20(27)10-15-23-13-6-4-5-9-19(23)26/h11,16,18H,2-10,12-15,17H2,1H3. The lowest BCUT2D eigenvalue weighted by molar-refractivity contribution is -0.135. The van der Waals surface area contributed by atoms with E-state index in [1.54, 1.807) is 0 Å². The SMILES string of the molecule is CCCCn1ccnc1C1CCCN(C(=O)CCN2CCCCCC2=O)C1. The molecule has 1 aromatic heterocycles. The average molecular weight is 375 g/mol. The van der Waals surface area contributed by atoms with Gasteiger partial charge in [-0.05, 0) is 32.1 Å². The summed E-state index contributed by atoms with van der Waals surface area (Å²) < 4.78 is 2.26. The molecule has 0 saturated carbocycles. The molecule has 1 aromatic rings. The number of rotatable bonds is 7. The topological polar surface area (TPSA) is 58.4 Å². The van der Waals surface area contributed by atoms with Gasteiger partial charge in [-0.15, -0.1) is 0 Å². The van der Waals surface area contributed by atoms with E-state index in [0.29, 0.717) is 25.3 Å². The predicted molar refractivity (Wildman–Crippen MR) is 105 cm³/mol. The lowest BCUT2D eigenvalue weighted by Crippen LogP contribution is -2.41. The molecule has 0 spiro atoms. The lowest BCUT2D eigenvalue weighted by atomic mass is 9.96. The molecular formula is C21H34N4O2. The highest BCUT2D eigenvalue weighted by Gasteiger charge is 2.28. The number of carbonyl (C=O) groups excluding carboxylic acids is 2. The van der Waals surface area contributed by atoms with E-state index < -0.39 is 0 Å². The highest BCUT2D eigenvalue weighted by molar-refractivity contribution is 5.79. The quantitative estimate of drug-likeness (QED) is 0.736. The zero-order valence-corrected chi connectivity index (χ0v) is 16.7. The Bertz CT molecular complexity index is 627. The molecule has 3 rings (SSSR count). The summed E-state index contributed by atoms with van der Waals surface area (Å²) in [6.45, 7) is 6.18. The van der Waals surface area contributed by atoms with Gasteiger partial charge in [0.05, 0.1) is 0 Å². The maximum atomic E-state index is 12.8. The molecule has 6 heteroatoms. The molecular weight excluding hydrogens is 340 g/mol. The van der Waals surface area contributed by atoms with Crippen molar-refractivity contribution in [3.8, 4) is 0 Å². The van der Waals surface area contributed by atoms with Gasteiger partial charge >= 0.3 is 0 Å². The number of nitrogens with zero attached hydrogens (tertiary/aromatic N) is 4. The second kappa shape index (κ2) is 9.90. The van der Waals surface area contributed by atoms with E-state index in [4.69, 9.17) is 0 Å². The third-order valence-electron chi connectivity index (χ3n) is 5.91. The van der Waals surface area contributed by atoms with Crippen molar-refractivity contribution in [2.75, 3.05) is 26.2 Å². The molecule has 0 radical (unpaired) electrons. The highest BCUT2D eigenvalue weighted by atomic mass is 16.2. The molecule has 2 amide bonds. The van der Waals surface area contributed by atoms with Crippen molar-refractivity contribution in [3.05, 3.63) is 18.2 Å². The van der Waals surface area contributed by atoms with Crippen molar-refractivity contribution < 1.29 is 9.59 Å². The summed E-state index contributed by atoms with van der Waals surface area (Å²) in [5.41, 5.74) is 0. The molecule has 6 nitrogen and oxygen atoms in total. The Labute approximate surface area is 162 Å². The first-order valence-electron chi connectivity index (χ1n) is 10.8. The van der Waals surface area contributed by atoms with Crippen molar-refractivity contribution in [1.82, 2.24) is 19.4 Å². The van der Waals surface area contributed by atoms with Crippen LogP contribution in [0.15, 0.2) is 12.4 Å². The first kappa shape index (κ1) is 19.9. The number of carbonyl (C=O) groups is 2. The number of imidazole rings is 1. The smallest absolute Gasteiger partial charge is 0.224 e. The normalized spacial score (nSPS) is 21.4. The van der Waals surface area contributed by atoms with E-state index in [-0.39, 0.29) is 11.8 Å². The Morgan fingerprint density at radius 1 is 1.19 bits per heavy atom. The minimum absolute atomic E-state index is 0.184. The van der Waals surface area contributed by atoms with Crippen LogP contribution in [-0.4, -0.2) is 57.3 Å². The van der Waals surface area contributed by atoms with E-state index in [2.05, 4.69) is 22.7 Å². The summed E-state index contributed by atoms with van der Waals surface area (Å²) in [5.74, 6) is 1.86. The Hall–Kier alpha value is -1.85. The Morgan fingerprint density at radius 3 is 2.93 bits per heavy atom. The summed E-state index contributed by atoms with van der Waals surface area (Å²) >= 11 is 0. The summed E-state index contributed by atoms with van der Waals surface area (Å²) in [4.78, 5) is 33.4. The van der Waals surface area contributed by atoms with Gasteiger partial charge in [0.25, 0.3) is 0 Å². The third-order valence-corrected chi connectivity index (χ3v) is 5.91. The fourth-order valence-electron chi connectivity index (χ4n) is 4.28. The molecule has 150 valence electrons. The number of unbranched alkanes of at least 4 members (excludes halogenated alkanes) is 1. The van der Waals surface area contributed by atoms with Crippen LogP contribution >= 0.6 is 0 Å². The van der Waals surface area contributed by atoms with Crippen LogP contribution in [0.3, 0.4) is 0 Å². The Kier molecular flexibility index (Phi) is 7.30. The molecule has 2 fully saturated rings. The molecule has 3 heterocycles. The number of hydrogen-bond acceptors (Lipinski definition) is 3.